The van der Waals surface area contributed by atoms with Gasteiger partial charge in [-0.15, -0.1) is 0 Å². The second kappa shape index (κ2) is 8.84. The zero-order valence-electron chi connectivity index (χ0n) is 15.0. The molecule has 1 fully saturated rings. The Balaban J connectivity index is 1.47. The standard InChI is InChI=1S/C19H22N4O3S/c20-10-9-16-3-5-17(6-4-16)26-14-11-21-19-8-7-18(15-22-19)27(24,25)23-12-1-2-13-23/h3-8,15H,1-2,9,11-14H2,(H,21,22). The van der Waals surface area contributed by atoms with Crippen LogP contribution in [0, 0.1) is 11.3 Å². The van der Waals surface area contributed by atoms with E-state index in [0.29, 0.717) is 38.5 Å². The Kier molecular flexibility index (Phi) is 6.27. The summed E-state index contributed by atoms with van der Waals surface area (Å²) in [5, 5.41) is 11.8. The molecule has 0 amide bonds. The van der Waals surface area contributed by atoms with Crippen molar-refractivity contribution in [2.24, 2.45) is 0 Å². The Morgan fingerprint density at radius 1 is 1.15 bits per heavy atom. The normalized spacial score (nSPS) is 14.6. The molecule has 142 valence electrons. The molecule has 7 nitrogen and oxygen atoms in total. The van der Waals surface area contributed by atoms with Crippen LogP contribution in [0.25, 0.3) is 0 Å². The highest BCUT2D eigenvalue weighted by Crippen LogP contribution is 2.20. The van der Waals surface area contributed by atoms with Gasteiger partial charge in [0.2, 0.25) is 10.0 Å². The highest BCUT2D eigenvalue weighted by Gasteiger charge is 2.27. The van der Waals surface area contributed by atoms with Crippen LogP contribution in [0.1, 0.15) is 18.4 Å². The van der Waals surface area contributed by atoms with Crippen molar-refractivity contribution in [3.05, 3.63) is 48.2 Å². The van der Waals surface area contributed by atoms with E-state index < -0.39 is 10.0 Å². The molecule has 1 aromatic heterocycles. The molecule has 2 aromatic rings. The molecule has 2 heterocycles. The quantitative estimate of drug-likeness (QED) is 0.700. The van der Waals surface area contributed by atoms with Gasteiger partial charge < -0.3 is 10.1 Å². The van der Waals surface area contributed by atoms with Gasteiger partial charge in [-0.05, 0) is 42.7 Å². The Morgan fingerprint density at radius 2 is 1.89 bits per heavy atom. The number of ether oxygens (including phenoxy) is 1. The maximum absolute atomic E-state index is 12.5. The van der Waals surface area contributed by atoms with Crippen molar-refractivity contribution in [3.8, 4) is 11.8 Å². The lowest BCUT2D eigenvalue weighted by Gasteiger charge is -2.15. The summed E-state index contributed by atoms with van der Waals surface area (Å²) >= 11 is 0. The third-order valence-electron chi connectivity index (χ3n) is 4.32. The predicted octanol–water partition coefficient (Wildman–Crippen LogP) is 2.42. The van der Waals surface area contributed by atoms with Crippen molar-refractivity contribution in [3.63, 3.8) is 0 Å². The number of anilines is 1. The monoisotopic (exact) mass is 386 g/mol. The Labute approximate surface area is 159 Å². The minimum Gasteiger partial charge on any atom is -0.492 e. The van der Waals surface area contributed by atoms with Crippen LogP contribution in [0.4, 0.5) is 5.82 Å². The van der Waals surface area contributed by atoms with Crippen LogP contribution >= 0.6 is 0 Å². The van der Waals surface area contributed by atoms with Crippen molar-refractivity contribution in [1.29, 1.82) is 5.26 Å². The van der Waals surface area contributed by atoms with Crippen molar-refractivity contribution in [2.75, 3.05) is 31.6 Å². The summed E-state index contributed by atoms with van der Waals surface area (Å²) in [5.41, 5.74) is 0.955. The predicted molar refractivity (Wildman–Crippen MR) is 102 cm³/mol. The number of benzene rings is 1. The summed E-state index contributed by atoms with van der Waals surface area (Å²) in [6, 6.07) is 12.8. The van der Waals surface area contributed by atoms with Gasteiger partial charge in [0.05, 0.1) is 19.0 Å². The first-order chi connectivity index (χ1) is 13.1. The summed E-state index contributed by atoms with van der Waals surface area (Å²) < 4.78 is 32.0. The molecule has 0 aliphatic carbocycles. The molecule has 0 unspecified atom stereocenters. The van der Waals surface area contributed by atoms with Gasteiger partial charge in [0.15, 0.2) is 0 Å². The topological polar surface area (TPSA) is 95.3 Å². The van der Waals surface area contributed by atoms with E-state index in [4.69, 9.17) is 10.00 Å². The zero-order valence-corrected chi connectivity index (χ0v) is 15.8. The van der Waals surface area contributed by atoms with E-state index in [1.54, 1.807) is 12.1 Å². The van der Waals surface area contributed by atoms with Crippen LogP contribution in [0.3, 0.4) is 0 Å². The van der Waals surface area contributed by atoms with Crippen molar-refractivity contribution < 1.29 is 13.2 Å². The summed E-state index contributed by atoms with van der Waals surface area (Å²) in [6.07, 6.45) is 3.60. The number of pyridine rings is 1. The molecular formula is C19H22N4O3S. The first-order valence-electron chi connectivity index (χ1n) is 8.88. The lowest BCUT2D eigenvalue weighted by Crippen LogP contribution is -2.28. The fourth-order valence-electron chi connectivity index (χ4n) is 2.86. The van der Waals surface area contributed by atoms with Gasteiger partial charge in [-0.25, -0.2) is 13.4 Å². The van der Waals surface area contributed by atoms with E-state index in [1.807, 2.05) is 24.3 Å². The number of rotatable bonds is 8. The Bertz CT molecular complexity index is 884. The lowest BCUT2D eigenvalue weighted by molar-refractivity contribution is 0.332. The number of hydrogen-bond donors (Lipinski definition) is 1. The SMILES string of the molecule is N#CCc1ccc(OCCNc2ccc(S(=O)(=O)N3CCCC3)cn2)cc1. The first kappa shape index (κ1) is 19.1. The maximum Gasteiger partial charge on any atom is 0.244 e. The minimum absolute atomic E-state index is 0.226. The molecule has 1 saturated heterocycles. The van der Waals surface area contributed by atoms with Crippen molar-refractivity contribution in [2.45, 2.75) is 24.2 Å². The van der Waals surface area contributed by atoms with Crippen LogP contribution in [0.2, 0.25) is 0 Å². The number of nitrogens with one attached hydrogen (secondary N) is 1. The molecular weight excluding hydrogens is 364 g/mol. The summed E-state index contributed by atoms with van der Waals surface area (Å²) in [4.78, 5) is 4.42. The van der Waals surface area contributed by atoms with Crippen LogP contribution in [-0.2, 0) is 16.4 Å². The molecule has 0 saturated carbocycles. The van der Waals surface area contributed by atoms with Crippen LogP contribution in [0.5, 0.6) is 5.75 Å². The number of hydrogen-bond acceptors (Lipinski definition) is 6. The van der Waals surface area contributed by atoms with E-state index in [1.165, 1.54) is 10.5 Å². The van der Waals surface area contributed by atoms with E-state index in [9.17, 15) is 8.42 Å². The highest BCUT2D eigenvalue weighted by atomic mass is 32.2. The average molecular weight is 386 g/mol. The molecule has 27 heavy (non-hydrogen) atoms. The molecule has 1 aliphatic rings. The molecule has 0 bridgehead atoms. The lowest BCUT2D eigenvalue weighted by atomic mass is 10.2. The molecule has 1 aliphatic heterocycles. The van der Waals surface area contributed by atoms with Crippen molar-refractivity contribution >= 4 is 15.8 Å². The number of aromatic nitrogens is 1. The van der Waals surface area contributed by atoms with Crippen LogP contribution < -0.4 is 10.1 Å². The van der Waals surface area contributed by atoms with Gasteiger partial charge in [0.25, 0.3) is 0 Å². The van der Waals surface area contributed by atoms with Crippen LogP contribution in [-0.4, -0.2) is 43.9 Å². The van der Waals surface area contributed by atoms with Gasteiger partial charge in [-0.1, -0.05) is 12.1 Å². The molecule has 1 aromatic carbocycles. The fourth-order valence-corrected chi connectivity index (χ4v) is 4.32. The summed E-state index contributed by atoms with van der Waals surface area (Å²) in [5.74, 6) is 1.34. The second-order valence-electron chi connectivity index (χ2n) is 6.24. The van der Waals surface area contributed by atoms with E-state index in [2.05, 4.69) is 16.4 Å². The molecule has 3 rings (SSSR count). The zero-order chi connectivity index (χ0) is 19.1. The van der Waals surface area contributed by atoms with E-state index in [0.717, 1.165) is 24.2 Å². The van der Waals surface area contributed by atoms with Gasteiger partial charge in [0.1, 0.15) is 23.1 Å². The third-order valence-corrected chi connectivity index (χ3v) is 6.20. The second-order valence-corrected chi connectivity index (χ2v) is 8.18. The maximum atomic E-state index is 12.5. The van der Waals surface area contributed by atoms with Gasteiger partial charge in [-0.2, -0.15) is 9.57 Å². The highest BCUT2D eigenvalue weighted by molar-refractivity contribution is 7.89. The average Bonchev–Trinajstić information content (AvgIpc) is 3.23. The molecule has 1 N–H and O–H groups in total. The van der Waals surface area contributed by atoms with Gasteiger partial charge in [0, 0.05) is 19.3 Å². The van der Waals surface area contributed by atoms with Gasteiger partial charge in [-0.3, -0.25) is 0 Å². The third kappa shape index (κ3) is 4.96. The summed E-state index contributed by atoms with van der Waals surface area (Å²) in [6.45, 7) is 2.13. The Morgan fingerprint density at radius 3 is 2.52 bits per heavy atom. The largest absolute Gasteiger partial charge is 0.492 e. The summed E-state index contributed by atoms with van der Waals surface area (Å²) in [7, 11) is -3.43. The van der Waals surface area contributed by atoms with Crippen molar-refractivity contribution in [1.82, 2.24) is 9.29 Å². The van der Waals surface area contributed by atoms with Crippen LogP contribution in [0.15, 0.2) is 47.5 Å². The van der Waals surface area contributed by atoms with E-state index >= 15 is 0 Å². The Hall–Kier alpha value is -2.63. The molecule has 0 spiro atoms. The van der Waals surface area contributed by atoms with Gasteiger partial charge >= 0.3 is 0 Å². The first-order valence-corrected chi connectivity index (χ1v) is 10.3. The number of nitrogens with zero attached hydrogens (tertiary/aromatic N) is 3. The minimum atomic E-state index is -3.43. The molecule has 8 heteroatoms. The smallest absolute Gasteiger partial charge is 0.244 e. The number of sulfonamides is 1. The number of nitriles is 1. The molecule has 0 atom stereocenters. The van der Waals surface area contributed by atoms with E-state index in [-0.39, 0.29) is 4.90 Å². The fraction of sp³-hybridized carbons (Fsp3) is 0.368. The molecule has 0 radical (unpaired) electrons.